The molecule has 0 unspecified atom stereocenters. The minimum absolute atomic E-state index is 0.0584. The summed E-state index contributed by atoms with van der Waals surface area (Å²) in [4.78, 5) is 12.3. The van der Waals surface area contributed by atoms with Crippen LogP contribution in [0.4, 0.5) is 13.2 Å². The molecule has 4 aromatic rings. The molecule has 6 nitrogen and oxygen atoms in total. The second kappa shape index (κ2) is 10.6. The van der Waals surface area contributed by atoms with Gasteiger partial charge in [0.15, 0.2) is 11.0 Å². The Labute approximate surface area is 203 Å². The second-order valence-electron chi connectivity index (χ2n) is 7.51. The molecule has 35 heavy (non-hydrogen) atoms. The summed E-state index contributed by atoms with van der Waals surface area (Å²) >= 11 is 1.15. The van der Waals surface area contributed by atoms with Gasteiger partial charge in [0.1, 0.15) is 0 Å². The summed E-state index contributed by atoms with van der Waals surface area (Å²) in [5.41, 5.74) is 4.12. The zero-order chi connectivity index (χ0) is 24.8. The topological polar surface area (TPSA) is 72.2 Å². The normalized spacial score (nSPS) is 11.7. The van der Waals surface area contributed by atoms with E-state index in [0.29, 0.717) is 11.0 Å². The maximum absolute atomic E-state index is 13.1. The van der Waals surface area contributed by atoms with Gasteiger partial charge in [-0.3, -0.25) is 9.36 Å². The molecule has 1 heterocycles. The van der Waals surface area contributed by atoms with E-state index in [1.165, 1.54) is 18.2 Å². The van der Waals surface area contributed by atoms with Crippen LogP contribution in [0, 0.1) is 6.92 Å². The number of amides is 1. The number of carbonyl (C=O) groups is 1. The number of halogens is 3. The van der Waals surface area contributed by atoms with Crippen molar-refractivity contribution in [2.24, 2.45) is 5.10 Å². The van der Waals surface area contributed by atoms with Gasteiger partial charge >= 0.3 is 6.18 Å². The summed E-state index contributed by atoms with van der Waals surface area (Å²) in [5.74, 6) is 0.0769. The molecular formula is C25H20F3N5OS. The van der Waals surface area contributed by atoms with Gasteiger partial charge in [0, 0.05) is 16.8 Å². The van der Waals surface area contributed by atoms with Crippen molar-refractivity contribution < 1.29 is 18.0 Å². The van der Waals surface area contributed by atoms with Crippen molar-refractivity contribution in [3.63, 3.8) is 0 Å². The fraction of sp³-hybridized carbons (Fsp3) is 0.120. The first kappa shape index (κ1) is 24.2. The third-order valence-electron chi connectivity index (χ3n) is 4.95. The number of para-hydroxylation sites is 1. The number of aryl methyl sites for hydroxylation is 1. The summed E-state index contributed by atoms with van der Waals surface area (Å²) in [7, 11) is 0. The van der Waals surface area contributed by atoms with Crippen molar-refractivity contribution >= 4 is 23.9 Å². The molecule has 10 heteroatoms. The van der Waals surface area contributed by atoms with Gasteiger partial charge < -0.3 is 0 Å². The molecule has 0 aliphatic heterocycles. The van der Waals surface area contributed by atoms with E-state index < -0.39 is 17.6 Å². The standard InChI is InChI=1S/C25H20F3N5OS/c1-17-11-13-18(14-12-17)23-31-32-24(33(23)20-8-3-2-4-9-20)35-16-22(34)30-29-15-19-7-5-6-10-21(19)25(26,27)28/h2-15H,16H2,1H3,(H,30,34)/b29-15-. The van der Waals surface area contributed by atoms with E-state index in [9.17, 15) is 18.0 Å². The van der Waals surface area contributed by atoms with E-state index in [-0.39, 0.29) is 11.3 Å². The highest BCUT2D eigenvalue weighted by molar-refractivity contribution is 7.99. The van der Waals surface area contributed by atoms with Crippen LogP contribution in [0.3, 0.4) is 0 Å². The molecule has 0 radical (unpaired) electrons. The van der Waals surface area contributed by atoms with Gasteiger partial charge in [-0.1, -0.05) is 78.0 Å². The average molecular weight is 496 g/mol. The highest BCUT2D eigenvalue weighted by Crippen LogP contribution is 2.31. The van der Waals surface area contributed by atoms with Crippen molar-refractivity contribution in [1.29, 1.82) is 0 Å². The molecule has 3 aromatic carbocycles. The number of thioether (sulfide) groups is 1. The summed E-state index contributed by atoms with van der Waals surface area (Å²) in [5, 5.41) is 12.8. The van der Waals surface area contributed by atoms with Crippen LogP contribution >= 0.6 is 11.8 Å². The molecule has 0 aliphatic rings. The monoisotopic (exact) mass is 495 g/mol. The number of hydrogen-bond acceptors (Lipinski definition) is 5. The summed E-state index contributed by atoms with van der Waals surface area (Å²) in [6.07, 6.45) is -3.54. The molecule has 0 fully saturated rings. The lowest BCUT2D eigenvalue weighted by molar-refractivity contribution is -0.137. The first-order chi connectivity index (χ1) is 16.8. The van der Waals surface area contributed by atoms with Crippen molar-refractivity contribution in [3.05, 3.63) is 95.6 Å². The predicted molar refractivity (Wildman–Crippen MR) is 129 cm³/mol. The van der Waals surface area contributed by atoms with Crippen molar-refractivity contribution in [2.45, 2.75) is 18.3 Å². The number of aromatic nitrogens is 3. The molecule has 0 atom stereocenters. The van der Waals surface area contributed by atoms with Crippen LogP contribution in [0.15, 0.2) is 89.1 Å². The van der Waals surface area contributed by atoms with Crippen LogP contribution in [0.5, 0.6) is 0 Å². The molecule has 4 rings (SSSR count). The number of nitrogens with zero attached hydrogens (tertiary/aromatic N) is 4. The summed E-state index contributed by atoms with van der Waals surface area (Å²) in [6.45, 7) is 2.00. The number of carbonyl (C=O) groups excluding carboxylic acids is 1. The predicted octanol–water partition coefficient (Wildman–Crippen LogP) is 5.50. The molecule has 0 bridgehead atoms. The maximum atomic E-state index is 13.1. The first-order valence-electron chi connectivity index (χ1n) is 10.5. The Morgan fingerprint density at radius 1 is 1.00 bits per heavy atom. The van der Waals surface area contributed by atoms with Crippen LogP contribution in [0.1, 0.15) is 16.7 Å². The third-order valence-corrected chi connectivity index (χ3v) is 5.88. The van der Waals surface area contributed by atoms with Crippen LogP contribution < -0.4 is 5.43 Å². The largest absolute Gasteiger partial charge is 0.417 e. The van der Waals surface area contributed by atoms with Gasteiger partial charge in [-0.25, -0.2) is 5.43 Å². The minimum Gasteiger partial charge on any atom is -0.272 e. The van der Waals surface area contributed by atoms with Crippen molar-refractivity contribution in [2.75, 3.05) is 5.75 Å². The zero-order valence-electron chi connectivity index (χ0n) is 18.5. The van der Waals surface area contributed by atoms with E-state index in [1.54, 1.807) is 0 Å². The van der Waals surface area contributed by atoms with Crippen LogP contribution in [-0.4, -0.2) is 32.6 Å². The Hall–Kier alpha value is -3.92. The molecule has 1 amide bonds. The molecule has 0 saturated heterocycles. The smallest absolute Gasteiger partial charge is 0.272 e. The molecule has 0 aliphatic carbocycles. The lowest BCUT2D eigenvalue weighted by Crippen LogP contribution is -2.20. The number of nitrogens with one attached hydrogen (secondary N) is 1. The van der Waals surface area contributed by atoms with Gasteiger partial charge in [-0.05, 0) is 25.1 Å². The number of benzene rings is 3. The minimum atomic E-state index is -4.51. The Balaban J connectivity index is 1.49. The van der Waals surface area contributed by atoms with Crippen molar-refractivity contribution in [3.8, 4) is 17.1 Å². The highest BCUT2D eigenvalue weighted by Gasteiger charge is 2.32. The Morgan fingerprint density at radius 2 is 1.69 bits per heavy atom. The van der Waals surface area contributed by atoms with Crippen LogP contribution in [0.25, 0.3) is 17.1 Å². The number of hydrazone groups is 1. The Bertz CT molecular complexity index is 1340. The van der Waals surface area contributed by atoms with E-state index in [0.717, 1.165) is 40.9 Å². The molecule has 0 spiro atoms. The van der Waals surface area contributed by atoms with Gasteiger partial charge in [0.2, 0.25) is 0 Å². The Morgan fingerprint density at radius 3 is 2.40 bits per heavy atom. The van der Waals surface area contributed by atoms with E-state index in [2.05, 4.69) is 20.7 Å². The average Bonchev–Trinajstić information content (AvgIpc) is 3.27. The van der Waals surface area contributed by atoms with Crippen LogP contribution in [0.2, 0.25) is 0 Å². The maximum Gasteiger partial charge on any atom is 0.417 e. The fourth-order valence-corrected chi connectivity index (χ4v) is 4.01. The van der Waals surface area contributed by atoms with Gasteiger partial charge in [0.05, 0.1) is 17.5 Å². The third kappa shape index (κ3) is 5.96. The molecular weight excluding hydrogens is 475 g/mol. The lowest BCUT2D eigenvalue weighted by Gasteiger charge is -2.10. The Kier molecular flexibility index (Phi) is 7.31. The van der Waals surface area contributed by atoms with E-state index in [4.69, 9.17) is 0 Å². The summed E-state index contributed by atoms with van der Waals surface area (Å²) in [6, 6.07) is 22.4. The molecule has 1 aromatic heterocycles. The highest BCUT2D eigenvalue weighted by atomic mass is 32.2. The van der Waals surface area contributed by atoms with E-state index in [1.807, 2.05) is 66.1 Å². The quantitative estimate of drug-likeness (QED) is 0.209. The first-order valence-corrected chi connectivity index (χ1v) is 11.5. The lowest BCUT2D eigenvalue weighted by atomic mass is 10.1. The van der Waals surface area contributed by atoms with Gasteiger partial charge in [-0.2, -0.15) is 18.3 Å². The number of alkyl halides is 3. The SMILES string of the molecule is Cc1ccc(-c2nnc(SCC(=O)N/N=C\c3ccccc3C(F)(F)F)n2-c2ccccc2)cc1. The number of hydrogen-bond donors (Lipinski definition) is 1. The molecule has 1 N–H and O–H groups in total. The van der Waals surface area contributed by atoms with Crippen molar-refractivity contribution in [1.82, 2.24) is 20.2 Å². The fourth-order valence-electron chi connectivity index (χ4n) is 3.27. The van der Waals surface area contributed by atoms with Crippen LogP contribution in [-0.2, 0) is 11.0 Å². The van der Waals surface area contributed by atoms with Gasteiger partial charge in [-0.15, -0.1) is 10.2 Å². The number of rotatable bonds is 7. The zero-order valence-corrected chi connectivity index (χ0v) is 19.3. The van der Waals surface area contributed by atoms with Gasteiger partial charge in [0.25, 0.3) is 5.91 Å². The molecule has 0 saturated carbocycles. The molecule has 178 valence electrons. The second-order valence-corrected chi connectivity index (χ2v) is 8.45. The van der Waals surface area contributed by atoms with E-state index >= 15 is 0 Å². The summed E-state index contributed by atoms with van der Waals surface area (Å²) < 4.78 is 41.1.